The van der Waals surface area contributed by atoms with E-state index < -0.39 is 61.1 Å². The molecule has 1 aliphatic rings. The van der Waals surface area contributed by atoms with Gasteiger partial charge in [-0.25, -0.2) is 4.79 Å². The van der Waals surface area contributed by atoms with Crippen molar-refractivity contribution in [3.8, 4) is 0 Å². The van der Waals surface area contributed by atoms with Crippen LogP contribution in [0.1, 0.15) is 19.8 Å². The number of hydrogen-bond donors (Lipinski definition) is 7. The van der Waals surface area contributed by atoms with Crippen molar-refractivity contribution in [1.29, 1.82) is 0 Å². The molecule has 1 saturated heterocycles. The lowest BCUT2D eigenvalue weighted by molar-refractivity contribution is -0.143. The Balaban J connectivity index is 2.54. The Labute approximate surface area is 144 Å². The summed E-state index contributed by atoms with van der Waals surface area (Å²) in [6.45, 7) is 0.539. The van der Waals surface area contributed by atoms with Crippen molar-refractivity contribution in [2.24, 2.45) is 0 Å². The van der Waals surface area contributed by atoms with Crippen LogP contribution in [0.15, 0.2) is 0 Å². The number of carboxylic acid groups (broad SMARTS) is 1. The molecule has 0 aromatic heterocycles. The quantitative estimate of drug-likeness (QED) is 0.219. The Morgan fingerprint density at radius 2 is 1.68 bits per heavy atom. The van der Waals surface area contributed by atoms with Gasteiger partial charge in [-0.1, -0.05) is 0 Å². The van der Waals surface area contributed by atoms with Crippen molar-refractivity contribution < 1.29 is 34.5 Å². The van der Waals surface area contributed by atoms with E-state index in [-0.39, 0.29) is 0 Å². The van der Waals surface area contributed by atoms with Crippen LogP contribution in [0.5, 0.6) is 0 Å². The zero-order chi connectivity index (χ0) is 19.0. The largest absolute Gasteiger partial charge is 0.480 e. The number of carbonyl (C=O) groups is 4. The van der Waals surface area contributed by atoms with Gasteiger partial charge in [0.1, 0.15) is 18.1 Å². The molecular formula is C14H24N4O7. The third kappa shape index (κ3) is 6.29. The van der Waals surface area contributed by atoms with Gasteiger partial charge in [0.2, 0.25) is 17.7 Å². The molecule has 0 spiro atoms. The fraction of sp³-hybridized carbons (Fsp3) is 0.714. The van der Waals surface area contributed by atoms with Crippen LogP contribution in [0, 0.1) is 0 Å². The minimum absolute atomic E-state index is 0.421. The van der Waals surface area contributed by atoms with Gasteiger partial charge in [-0.3, -0.25) is 14.4 Å². The van der Waals surface area contributed by atoms with Crippen LogP contribution in [0.2, 0.25) is 0 Å². The molecule has 11 heteroatoms. The van der Waals surface area contributed by atoms with Crippen LogP contribution in [-0.4, -0.2) is 82.9 Å². The van der Waals surface area contributed by atoms with Crippen LogP contribution in [-0.2, 0) is 19.2 Å². The topological polar surface area (TPSA) is 177 Å². The summed E-state index contributed by atoms with van der Waals surface area (Å²) in [6.07, 6.45) is 1.46. The fourth-order valence-electron chi connectivity index (χ4n) is 2.24. The Bertz CT molecular complexity index is 507. The molecule has 0 aliphatic carbocycles. The van der Waals surface area contributed by atoms with E-state index in [2.05, 4.69) is 21.3 Å². The normalized spacial score (nSPS) is 20.2. The second kappa shape index (κ2) is 9.91. The number of amides is 3. The molecule has 11 nitrogen and oxygen atoms in total. The molecule has 1 aliphatic heterocycles. The summed E-state index contributed by atoms with van der Waals surface area (Å²) >= 11 is 0. The molecule has 0 bridgehead atoms. The van der Waals surface area contributed by atoms with Crippen molar-refractivity contribution in [2.75, 3.05) is 19.8 Å². The van der Waals surface area contributed by atoms with Crippen molar-refractivity contribution >= 4 is 23.7 Å². The van der Waals surface area contributed by atoms with Gasteiger partial charge in [0, 0.05) is 0 Å². The number of carboxylic acids is 1. The van der Waals surface area contributed by atoms with Gasteiger partial charge in [-0.15, -0.1) is 0 Å². The van der Waals surface area contributed by atoms with Gasteiger partial charge in [0.05, 0.1) is 19.3 Å². The second-order valence-electron chi connectivity index (χ2n) is 5.70. The molecule has 142 valence electrons. The highest BCUT2D eigenvalue weighted by Crippen LogP contribution is 2.05. The Morgan fingerprint density at radius 3 is 2.16 bits per heavy atom. The van der Waals surface area contributed by atoms with E-state index in [0.717, 1.165) is 6.42 Å². The van der Waals surface area contributed by atoms with E-state index in [1.807, 2.05) is 0 Å². The number of nitrogens with one attached hydrogen (secondary N) is 4. The highest BCUT2D eigenvalue weighted by Gasteiger charge is 2.29. The summed E-state index contributed by atoms with van der Waals surface area (Å²) in [5.74, 6) is -3.45. The lowest BCUT2D eigenvalue weighted by Crippen LogP contribution is -2.57. The zero-order valence-electron chi connectivity index (χ0n) is 13.8. The lowest BCUT2D eigenvalue weighted by atomic mass is 10.2. The number of aliphatic hydroxyl groups excluding tert-OH is 2. The van der Waals surface area contributed by atoms with Crippen LogP contribution in [0.3, 0.4) is 0 Å². The van der Waals surface area contributed by atoms with Gasteiger partial charge in [-0.05, 0) is 26.3 Å². The summed E-state index contributed by atoms with van der Waals surface area (Å²) in [5, 5.41) is 36.6. The molecule has 1 heterocycles. The minimum atomic E-state index is -1.49. The van der Waals surface area contributed by atoms with Gasteiger partial charge in [0.25, 0.3) is 0 Å². The number of rotatable bonds is 9. The first-order chi connectivity index (χ1) is 11.8. The Kier molecular flexibility index (Phi) is 8.25. The SMILES string of the molecule is CC(NC(=O)C(CO)NC(=O)C1CCCN1)C(=O)NC(CO)C(=O)O. The fourth-order valence-corrected chi connectivity index (χ4v) is 2.24. The average Bonchev–Trinajstić information content (AvgIpc) is 3.11. The minimum Gasteiger partial charge on any atom is -0.480 e. The van der Waals surface area contributed by atoms with E-state index >= 15 is 0 Å². The molecule has 1 rings (SSSR count). The Hall–Kier alpha value is -2.24. The molecular weight excluding hydrogens is 336 g/mol. The summed E-state index contributed by atoms with van der Waals surface area (Å²) in [5.41, 5.74) is 0. The predicted octanol–water partition coefficient (Wildman–Crippen LogP) is -3.72. The maximum atomic E-state index is 12.1. The second-order valence-corrected chi connectivity index (χ2v) is 5.70. The third-order valence-corrected chi connectivity index (χ3v) is 3.74. The summed E-state index contributed by atoms with van der Waals surface area (Å²) < 4.78 is 0. The first-order valence-corrected chi connectivity index (χ1v) is 7.89. The first-order valence-electron chi connectivity index (χ1n) is 7.89. The van der Waals surface area contributed by atoms with Gasteiger partial charge in [-0.2, -0.15) is 0 Å². The van der Waals surface area contributed by atoms with Gasteiger partial charge in [0.15, 0.2) is 0 Å². The maximum absolute atomic E-state index is 12.1. The predicted molar refractivity (Wildman–Crippen MR) is 84.3 cm³/mol. The van der Waals surface area contributed by atoms with E-state index in [0.29, 0.717) is 13.0 Å². The molecule has 0 aromatic rings. The van der Waals surface area contributed by atoms with Crippen LogP contribution in [0.4, 0.5) is 0 Å². The average molecular weight is 360 g/mol. The van der Waals surface area contributed by atoms with E-state index in [1.165, 1.54) is 6.92 Å². The van der Waals surface area contributed by atoms with Crippen LogP contribution < -0.4 is 21.3 Å². The number of aliphatic hydroxyl groups is 2. The van der Waals surface area contributed by atoms with Crippen LogP contribution >= 0.6 is 0 Å². The van der Waals surface area contributed by atoms with Crippen molar-refractivity contribution in [2.45, 2.75) is 43.9 Å². The molecule has 4 atom stereocenters. The zero-order valence-corrected chi connectivity index (χ0v) is 13.8. The van der Waals surface area contributed by atoms with Crippen LogP contribution in [0.25, 0.3) is 0 Å². The lowest BCUT2D eigenvalue weighted by Gasteiger charge is -2.22. The molecule has 4 unspecified atom stereocenters. The highest BCUT2D eigenvalue weighted by molar-refractivity contribution is 5.94. The molecule has 0 aromatic carbocycles. The number of carbonyl (C=O) groups excluding carboxylic acids is 3. The molecule has 0 saturated carbocycles. The first kappa shape index (κ1) is 20.8. The summed E-state index contributed by atoms with van der Waals surface area (Å²) in [6, 6.07) is -4.29. The molecule has 7 N–H and O–H groups in total. The van der Waals surface area contributed by atoms with E-state index in [9.17, 15) is 24.3 Å². The van der Waals surface area contributed by atoms with Crippen molar-refractivity contribution in [3.05, 3.63) is 0 Å². The monoisotopic (exact) mass is 360 g/mol. The summed E-state index contributed by atoms with van der Waals surface area (Å²) in [4.78, 5) is 46.6. The maximum Gasteiger partial charge on any atom is 0.328 e. The molecule has 1 fully saturated rings. The highest BCUT2D eigenvalue weighted by atomic mass is 16.4. The molecule has 0 radical (unpaired) electrons. The smallest absolute Gasteiger partial charge is 0.328 e. The van der Waals surface area contributed by atoms with E-state index in [1.54, 1.807) is 0 Å². The van der Waals surface area contributed by atoms with Gasteiger partial charge >= 0.3 is 5.97 Å². The van der Waals surface area contributed by atoms with Crippen molar-refractivity contribution in [1.82, 2.24) is 21.3 Å². The van der Waals surface area contributed by atoms with Gasteiger partial charge < -0.3 is 36.6 Å². The van der Waals surface area contributed by atoms with E-state index in [4.69, 9.17) is 10.2 Å². The standard InChI is InChI=1S/C14H24N4O7/c1-7(11(21)18-10(6-20)14(24)25)16-13(23)9(5-19)17-12(22)8-3-2-4-15-8/h7-10,15,19-20H,2-6H2,1H3,(H,16,23)(H,17,22)(H,18,21)(H,24,25). The summed E-state index contributed by atoms with van der Waals surface area (Å²) in [7, 11) is 0. The number of hydrogen-bond acceptors (Lipinski definition) is 7. The number of aliphatic carboxylic acids is 1. The Morgan fingerprint density at radius 1 is 1.04 bits per heavy atom. The third-order valence-electron chi connectivity index (χ3n) is 3.74. The van der Waals surface area contributed by atoms with Crippen molar-refractivity contribution in [3.63, 3.8) is 0 Å². The molecule has 25 heavy (non-hydrogen) atoms. The molecule has 3 amide bonds.